The summed E-state index contributed by atoms with van der Waals surface area (Å²) in [4.78, 5) is 11.0. The van der Waals surface area contributed by atoms with Gasteiger partial charge in [0, 0.05) is 11.3 Å². The zero-order valence-corrected chi connectivity index (χ0v) is 15.2. The highest BCUT2D eigenvalue weighted by atomic mass is 16.2. The number of nitrogens with two attached hydrogens (primary N) is 1. The van der Waals surface area contributed by atoms with E-state index >= 15 is 0 Å². The third-order valence-electron chi connectivity index (χ3n) is 4.63. The first-order valence-electron chi connectivity index (χ1n) is 8.75. The van der Waals surface area contributed by atoms with Crippen LogP contribution in [0.1, 0.15) is 11.3 Å². The van der Waals surface area contributed by atoms with Crippen molar-refractivity contribution in [3.8, 4) is 16.9 Å². The van der Waals surface area contributed by atoms with Gasteiger partial charge in [0.1, 0.15) is 0 Å². The smallest absolute Gasteiger partial charge is 0.316 e. The lowest BCUT2D eigenvalue weighted by atomic mass is 9.98. The van der Waals surface area contributed by atoms with E-state index < -0.39 is 6.03 Å². The van der Waals surface area contributed by atoms with E-state index in [1.165, 1.54) is 16.3 Å². The SMILES string of the molecule is Cc1cc(-c2ccc(C)c3ccccc23)n(-c2ccc(NC(N)=O)cc2)n1. The molecule has 0 saturated heterocycles. The van der Waals surface area contributed by atoms with Crippen LogP contribution in [-0.4, -0.2) is 15.8 Å². The highest BCUT2D eigenvalue weighted by molar-refractivity contribution is 5.98. The van der Waals surface area contributed by atoms with Crippen molar-refractivity contribution >= 4 is 22.5 Å². The molecule has 0 unspecified atom stereocenters. The van der Waals surface area contributed by atoms with E-state index in [4.69, 9.17) is 5.73 Å². The number of aromatic nitrogens is 2. The summed E-state index contributed by atoms with van der Waals surface area (Å²) >= 11 is 0. The molecule has 5 nitrogen and oxygen atoms in total. The van der Waals surface area contributed by atoms with Crippen LogP contribution in [-0.2, 0) is 0 Å². The highest BCUT2D eigenvalue weighted by Gasteiger charge is 2.13. The maximum Gasteiger partial charge on any atom is 0.316 e. The van der Waals surface area contributed by atoms with Gasteiger partial charge in [0.15, 0.2) is 0 Å². The van der Waals surface area contributed by atoms with E-state index in [0.717, 1.165) is 22.6 Å². The minimum Gasteiger partial charge on any atom is -0.351 e. The Morgan fingerprint density at radius 3 is 2.37 bits per heavy atom. The maximum atomic E-state index is 11.0. The van der Waals surface area contributed by atoms with Crippen LogP contribution in [0.2, 0.25) is 0 Å². The summed E-state index contributed by atoms with van der Waals surface area (Å²) in [5, 5.41) is 9.69. The number of urea groups is 1. The number of nitrogens with zero attached hydrogens (tertiary/aromatic N) is 2. The zero-order valence-electron chi connectivity index (χ0n) is 15.2. The molecule has 0 spiro atoms. The molecule has 3 aromatic carbocycles. The summed E-state index contributed by atoms with van der Waals surface area (Å²) in [5.74, 6) is 0. The summed E-state index contributed by atoms with van der Waals surface area (Å²) in [7, 11) is 0. The summed E-state index contributed by atoms with van der Waals surface area (Å²) in [6.07, 6.45) is 0. The van der Waals surface area contributed by atoms with Gasteiger partial charge in [0.2, 0.25) is 0 Å². The van der Waals surface area contributed by atoms with Gasteiger partial charge < -0.3 is 11.1 Å². The number of hydrogen-bond acceptors (Lipinski definition) is 2. The number of primary amides is 1. The van der Waals surface area contributed by atoms with Gasteiger partial charge in [-0.25, -0.2) is 9.48 Å². The molecule has 0 aliphatic rings. The minimum absolute atomic E-state index is 0.579. The van der Waals surface area contributed by atoms with E-state index in [0.29, 0.717) is 5.69 Å². The number of amides is 2. The van der Waals surface area contributed by atoms with Crippen molar-refractivity contribution in [3.63, 3.8) is 0 Å². The zero-order chi connectivity index (χ0) is 19.0. The van der Waals surface area contributed by atoms with Crippen LogP contribution in [0.3, 0.4) is 0 Å². The Kier molecular flexibility index (Phi) is 4.12. The number of hydrogen-bond donors (Lipinski definition) is 2. The lowest BCUT2D eigenvalue weighted by molar-refractivity contribution is 0.259. The van der Waals surface area contributed by atoms with Crippen LogP contribution in [0.4, 0.5) is 10.5 Å². The van der Waals surface area contributed by atoms with E-state index in [1.54, 1.807) is 0 Å². The van der Waals surface area contributed by atoms with Gasteiger partial charge in [-0.05, 0) is 60.5 Å². The van der Waals surface area contributed by atoms with Gasteiger partial charge in [-0.1, -0.05) is 36.4 Å². The second kappa shape index (κ2) is 6.61. The van der Waals surface area contributed by atoms with E-state index in [2.05, 4.69) is 59.8 Å². The van der Waals surface area contributed by atoms with Crippen LogP contribution in [0.25, 0.3) is 27.7 Å². The second-order valence-electron chi connectivity index (χ2n) is 6.59. The average molecular weight is 356 g/mol. The standard InChI is InChI=1S/C22H20N4O/c1-14-7-12-20(19-6-4-3-5-18(14)19)21-13-15(2)25-26(21)17-10-8-16(9-11-17)24-22(23)27/h3-13H,1-2H3,(H3,23,24,27). The summed E-state index contributed by atoms with van der Waals surface area (Å²) in [6, 6.07) is 21.7. The number of aryl methyl sites for hydroxylation is 2. The van der Waals surface area contributed by atoms with Crippen LogP contribution >= 0.6 is 0 Å². The maximum absolute atomic E-state index is 11.0. The molecule has 0 atom stereocenters. The molecule has 1 aromatic heterocycles. The fourth-order valence-electron chi connectivity index (χ4n) is 3.39. The van der Waals surface area contributed by atoms with Crippen molar-refractivity contribution in [1.82, 2.24) is 9.78 Å². The van der Waals surface area contributed by atoms with Gasteiger partial charge in [-0.15, -0.1) is 0 Å². The Balaban J connectivity index is 1.85. The van der Waals surface area contributed by atoms with Gasteiger partial charge >= 0.3 is 6.03 Å². The van der Waals surface area contributed by atoms with Crippen molar-refractivity contribution in [2.45, 2.75) is 13.8 Å². The molecular formula is C22H20N4O. The number of fused-ring (bicyclic) bond motifs is 1. The first-order valence-corrected chi connectivity index (χ1v) is 8.75. The molecule has 1 heterocycles. The summed E-state index contributed by atoms with van der Waals surface area (Å²) in [5.41, 5.74) is 11.1. The Bertz CT molecular complexity index is 1140. The first kappa shape index (κ1) is 16.8. The average Bonchev–Trinajstić information content (AvgIpc) is 3.04. The predicted octanol–water partition coefficient (Wildman–Crippen LogP) is 4.80. The Labute approximate surface area is 157 Å². The molecule has 0 fully saturated rings. The molecule has 0 radical (unpaired) electrons. The Morgan fingerprint density at radius 1 is 0.963 bits per heavy atom. The van der Waals surface area contributed by atoms with E-state index in [9.17, 15) is 4.79 Å². The summed E-state index contributed by atoms with van der Waals surface area (Å²) in [6.45, 7) is 4.11. The number of nitrogens with one attached hydrogen (secondary N) is 1. The molecule has 0 aliphatic heterocycles. The van der Waals surface area contributed by atoms with Crippen LogP contribution in [0, 0.1) is 13.8 Å². The third-order valence-corrected chi connectivity index (χ3v) is 4.63. The van der Waals surface area contributed by atoms with Gasteiger partial charge in [0.05, 0.1) is 17.1 Å². The minimum atomic E-state index is -0.579. The number of rotatable bonds is 3. The molecule has 0 bridgehead atoms. The molecule has 0 aliphatic carbocycles. The van der Waals surface area contributed by atoms with Gasteiger partial charge in [-0.2, -0.15) is 5.10 Å². The molecule has 27 heavy (non-hydrogen) atoms. The monoisotopic (exact) mass is 356 g/mol. The quantitative estimate of drug-likeness (QED) is 0.553. The molecule has 3 N–H and O–H groups in total. The molecule has 0 saturated carbocycles. The largest absolute Gasteiger partial charge is 0.351 e. The van der Waals surface area contributed by atoms with Gasteiger partial charge in [-0.3, -0.25) is 0 Å². The number of carbonyl (C=O) groups excluding carboxylic acids is 1. The lowest BCUT2D eigenvalue weighted by Crippen LogP contribution is -2.19. The fraction of sp³-hybridized carbons (Fsp3) is 0.0909. The van der Waals surface area contributed by atoms with E-state index in [-0.39, 0.29) is 0 Å². The summed E-state index contributed by atoms with van der Waals surface area (Å²) < 4.78 is 1.93. The van der Waals surface area contributed by atoms with E-state index in [1.807, 2.05) is 35.9 Å². The van der Waals surface area contributed by atoms with Crippen molar-refractivity contribution in [2.75, 3.05) is 5.32 Å². The van der Waals surface area contributed by atoms with Crippen molar-refractivity contribution in [1.29, 1.82) is 0 Å². The van der Waals surface area contributed by atoms with Crippen molar-refractivity contribution in [3.05, 3.63) is 78.0 Å². The van der Waals surface area contributed by atoms with Crippen LogP contribution in [0.5, 0.6) is 0 Å². The van der Waals surface area contributed by atoms with Crippen LogP contribution < -0.4 is 11.1 Å². The lowest BCUT2D eigenvalue weighted by Gasteiger charge is -2.12. The van der Waals surface area contributed by atoms with Crippen molar-refractivity contribution < 1.29 is 4.79 Å². The van der Waals surface area contributed by atoms with Crippen LogP contribution in [0.15, 0.2) is 66.7 Å². The molecular weight excluding hydrogens is 336 g/mol. The molecule has 134 valence electrons. The Morgan fingerprint density at radius 2 is 1.67 bits per heavy atom. The Hall–Kier alpha value is -3.60. The third kappa shape index (κ3) is 3.15. The molecule has 2 amide bonds. The number of anilines is 1. The molecule has 4 rings (SSSR count). The van der Waals surface area contributed by atoms with Gasteiger partial charge in [0.25, 0.3) is 0 Å². The second-order valence-corrected chi connectivity index (χ2v) is 6.59. The molecule has 4 aromatic rings. The highest BCUT2D eigenvalue weighted by Crippen LogP contribution is 2.32. The topological polar surface area (TPSA) is 72.9 Å². The predicted molar refractivity (Wildman–Crippen MR) is 109 cm³/mol. The number of carbonyl (C=O) groups is 1. The van der Waals surface area contributed by atoms with Crippen molar-refractivity contribution in [2.24, 2.45) is 5.73 Å². The first-order chi connectivity index (χ1) is 13.0. The normalized spacial score (nSPS) is 10.9. The fourth-order valence-corrected chi connectivity index (χ4v) is 3.39. The molecule has 5 heteroatoms. The number of benzene rings is 3.